The molecule has 1 heterocycles. The molecule has 1 N–H and O–H groups in total. The highest BCUT2D eigenvalue weighted by Crippen LogP contribution is 2.35. The van der Waals surface area contributed by atoms with Crippen LogP contribution in [0.3, 0.4) is 0 Å². The van der Waals surface area contributed by atoms with Crippen molar-refractivity contribution in [3.8, 4) is 0 Å². The third kappa shape index (κ3) is 3.11. The molecule has 0 radical (unpaired) electrons. The van der Waals surface area contributed by atoms with E-state index in [0.29, 0.717) is 6.04 Å². The minimum absolute atomic E-state index is 0.211. The van der Waals surface area contributed by atoms with Crippen LogP contribution in [0.5, 0.6) is 0 Å². The molecule has 2 heteroatoms. The van der Waals surface area contributed by atoms with Crippen LogP contribution >= 0.6 is 0 Å². The van der Waals surface area contributed by atoms with Crippen molar-refractivity contribution < 1.29 is 4.42 Å². The van der Waals surface area contributed by atoms with E-state index in [0.717, 1.165) is 25.1 Å². The average Bonchev–Trinajstić information content (AvgIpc) is 2.64. The lowest BCUT2D eigenvalue weighted by atomic mass is 9.82. The molecular weight excluding hydrogens is 198 g/mol. The van der Waals surface area contributed by atoms with Gasteiger partial charge in [-0.2, -0.15) is 0 Å². The first-order valence-corrected chi connectivity index (χ1v) is 6.30. The van der Waals surface area contributed by atoms with E-state index in [1.807, 2.05) is 0 Å². The Morgan fingerprint density at radius 1 is 1.31 bits per heavy atom. The van der Waals surface area contributed by atoms with Gasteiger partial charge >= 0.3 is 0 Å². The van der Waals surface area contributed by atoms with Crippen molar-refractivity contribution >= 4 is 0 Å². The Bertz CT molecular complexity index is 309. The number of nitrogens with one attached hydrogen (secondary N) is 1. The molecule has 1 rings (SSSR count). The number of aryl methyl sites for hydroxylation is 1. The van der Waals surface area contributed by atoms with E-state index >= 15 is 0 Å². The topological polar surface area (TPSA) is 25.2 Å². The Morgan fingerprint density at radius 2 is 2.00 bits per heavy atom. The zero-order valence-electron chi connectivity index (χ0n) is 11.3. The first-order valence-electron chi connectivity index (χ1n) is 6.30. The second-order valence-electron chi connectivity index (χ2n) is 5.41. The monoisotopic (exact) mass is 223 g/mol. The summed E-state index contributed by atoms with van der Waals surface area (Å²) in [7, 11) is 0. The molecule has 0 spiro atoms. The lowest BCUT2D eigenvalue weighted by Crippen LogP contribution is -2.33. The summed E-state index contributed by atoms with van der Waals surface area (Å²) in [5.41, 5.74) is 1.53. The van der Waals surface area contributed by atoms with Crippen LogP contribution in [0.15, 0.2) is 16.7 Å². The first kappa shape index (κ1) is 13.3. The van der Waals surface area contributed by atoms with Gasteiger partial charge in [-0.1, -0.05) is 34.6 Å². The Balaban J connectivity index is 2.92. The van der Waals surface area contributed by atoms with E-state index in [4.69, 9.17) is 4.42 Å². The molecule has 0 bridgehead atoms. The van der Waals surface area contributed by atoms with Crippen molar-refractivity contribution in [2.24, 2.45) is 5.41 Å². The van der Waals surface area contributed by atoms with Gasteiger partial charge in [0.25, 0.3) is 0 Å². The van der Waals surface area contributed by atoms with Gasteiger partial charge in [-0.25, -0.2) is 0 Å². The van der Waals surface area contributed by atoms with Gasteiger partial charge in [0.2, 0.25) is 0 Å². The molecule has 1 aromatic heterocycles. The molecule has 0 aliphatic heterocycles. The predicted octanol–water partition coefficient (Wildman–Crippen LogP) is 3.93. The molecule has 1 aromatic rings. The van der Waals surface area contributed by atoms with Crippen LogP contribution in [0.4, 0.5) is 0 Å². The average molecular weight is 223 g/mol. The van der Waals surface area contributed by atoms with Crippen molar-refractivity contribution in [3.63, 3.8) is 0 Å². The molecule has 0 fully saturated rings. The van der Waals surface area contributed by atoms with Gasteiger partial charge in [0.15, 0.2) is 0 Å². The van der Waals surface area contributed by atoms with Gasteiger partial charge in [0.1, 0.15) is 5.76 Å². The summed E-state index contributed by atoms with van der Waals surface area (Å²) in [5.74, 6) is 1.11. The van der Waals surface area contributed by atoms with E-state index in [2.05, 4.69) is 46.0 Å². The zero-order valence-corrected chi connectivity index (χ0v) is 11.3. The van der Waals surface area contributed by atoms with Crippen LogP contribution in [0.2, 0.25) is 0 Å². The van der Waals surface area contributed by atoms with Gasteiger partial charge in [0, 0.05) is 18.0 Å². The van der Waals surface area contributed by atoms with E-state index in [-0.39, 0.29) is 5.41 Å². The Hall–Kier alpha value is -0.760. The molecule has 0 aliphatic carbocycles. The largest absolute Gasteiger partial charge is 0.469 e. The number of rotatable bonds is 5. The third-order valence-electron chi connectivity index (χ3n) is 2.88. The van der Waals surface area contributed by atoms with Crippen LogP contribution < -0.4 is 5.32 Å². The predicted molar refractivity (Wildman–Crippen MR) is 68.6 cm³/mol. The molecule has 1 atom stereocenters. The summed E-state index contributed by atoms with van der Waals surface area (Å²) < 4.78 is 5.53. The minimum Gasteiger partial charge on any atom is -0.469 e. The first-order chi connectivity index (χ1) is 7.50. The Morgan fingerprint density at radius 3 is 2.50 bits per heavy atom. The number of hydrogen-bond donors (Lipinski definition) is 1. The summed E-state index contributed by atoms with van der Waals surface area (Å²) in [6.07, 6.45) is 3.93. The van der Waals surface area contributed by atoms with E-state index < -0.39 is 0 Å². The maximum Gasteiger partial charge on any atom is 0.108 e. The SMILES string of the molecule is CCCNC(c1ccoc1CC)C(C)(C)C. The van der Waals surface area contributed by atoms with Gasteiger partial charge < -0.3 is 9.73 Å². The standard InChI is InChI=1S/C14H25NO/c1-6-9-15-13(14(3,4)5)11-8-10-16-12(11)7-2/h8,10,13,15H,6-7,9H2,1-5H3. The van der Waals surface area contributed by atoms with Crippen molar-refractivity contribution in [2.45, 2.75) is 53.5 Å². The number of hydrogen-bond acceptors (Lipinski definition) is 2. The molecule has 0 aliphatic rings. The van der Waals surface area contributed by atoms with Gasteiger partial charge in [0.05, 0.1) is 6.26 Å². The fourth-order valence-electron chi connectivity index (χ4n) is 2.07. The van der Waals surface area contributed by atoms with E-state index in [1.165, 1.54) is 5.56 Å². The normalized spacial score (nSPS) is 14.1. The van der Waals surface area contributed by atoms with Crippen molar-refractivity contribution in [1.29, 1.82) is 0 Å². The molecule has 2 nitrogen and oxygen atoms in total. The quantitative estimate of drug-likeness (QED) is 0.818. The lowest BCUT2D eigenvalue weighted by Gasteiger charge is -2.31. The second kappa shape index (κ2) is 5.53. The minimum atomic E-state index is 0.211. The highest BCUT2D eigenvalue weighted by atomic mass is 16.3. The summed E-state index contributed by atoms with van der Waals surface area (Å²) in [6, 6.07) is 2.48. The highest BCUT2D eigenvalue weighted by molar-refractivity contribution is 5.23. The van der Waals surface area contributed by atoms with Crippen molar-refractivity contribution in [3.05, 3.63) is 23.7 Å². The third-order valence-corrected chi connectivity index (χ3v) is 2.88. The van der Waals surface area contributed by atoms with Crippen LogP contribution in [-0.2, 0) is 6.42 Å². The van der Waals surface area contributed by atoms with Crippen LogP contribution in [-0.4, -0.2) is 6.54 Å². The van der Waals surface area contributed by atoms with Crippen LogP contribution in [0.25, 0.3) is 0 Å². The highest BCUT2D eigenvalue weighted by Gasteiger charge is 2.28. The summed E-state index contributed by atoms with van der Waals surface area (Å²) in [6.45, 7) is 12.2. The second-order valence-corrected chi connectivity index (χ2v) is 5.41. The molecule has 92 valence electrons. The summed E-state index contributed by atoms with van der Waals surface area (Å²) in [5, 5.41) is 3.63. The molecule has 0 amide bonds. The van der Waals surface area contributed by atoms with Crippen molar-refractivity contribution in [2.75, 3.05) is 6.54 Å². The van der Waals surface area contributed by atoms with Gasteiger partial charge in [-0.3, -0.25) is 0 Å². The molecule has 0 saturated heterocycles. The smallest absolute Gasteiger partial charge is 0.108 e. The van der Waals surface area contributed by atoms with E-state index in [9.17, 15) is 0 Å². The van der Waals surface area contributed by atoms with Gasteiger partial charge in [-0.05, 0) is 24.4 Å². The maximum absolute atomic E-state index is 5.53. The zero-order chi connectivity index (χ0) is 12.2. The molecule has 0 aromatic carbocycles. The molecule has 16 heavy (non-hydrogen) atoms. The Labute approximate surface area is 99.4 Å². The van der Waals surface area contributed by atoms with Gasteiger partial charge in [-0.15, -0.1) is 0 Å². The maximum atomic E-state index is 5.53. The van der Waals surface area contributed by atoms with Crippen LogP contribution in [0.1, 0.15) is 58.4 Å². The number of furan rings is 1. The molecular formula is C14H25NO. The van der Waals surface area contributed by atoms with Crippen LogP contribution in [0, 0.1) is 5.41 Å². The van der Waals surface area contributed by atoms with E-state index in [1.54, 1.807) is 6.26 Å². The fourth-order valence-corrected chi connectivity index (χ4v) is 2.07. The Kier molecular flexibility index (Phi) is 4.60. The fraction of sp³-hybridized carbons (Fsp3) is 0.714. The molecule has 1 unspecified atom stereocenters. The van der Waals surface area contributed by atoms with Crippen molar-refractivity contribution in [1.82, 2.24) is 5.32 Å². The summed E-state index contributed by atoms with van der Waals surface area (Å²) in [4.78, 5) is 0. The lowest BCUT2D eigenvalue weighted by molar-refractivity contribution is 0.269. The summed E-state index contributed by atoms with van der Waals surface area (Å²) >= 11 is 0. The molecule has 0 saturated carbocycles.